The Morgan fingerprint density at radius 3 is 2.11 bits per heavy atom. The standard InChI is InChI=1S/C19H24N2O7/c1-6-28-19(24)13-9(2)21-18(23)15(17(20)22)14(13)10-7-11(25-3)16(27-5)12(8-10)26-4/h7-8,14-15H,6H2,1-5H3,(H2,20,22)(H,21,23)/t14-,15+/m0/s1. The van der Waals surface area contributed by atoms with Crippen molar-refractivity contribution in [2.75, 3.05) is 27.9 Å². The SMILES string of the molecule is CCOC(=O)C1=C(C)NC(=O)[C@@H](C(N)=O)[C@H]1c1cc(OC)c(OC)c(OC)c1. The van der Waals surface area contributed by atoms with Gasteiger partial charge >= 0.3 is 5.97 Å². The van der Waals surface area contributed by atoms with Gasteiger partial charge in [-0.25, -0.2) is 4.79 Å². The Morgan fingerprint density at radius 2 is 1.68 bits per heavy atom. The number of rotatable bonds is 7. The lowest BCUT2D eigenvalue weighted by atomic mass is 9.76. The van der Waals surface area contributed by atoms with Crippen LogP contribution in [0.15, 0.2) is 23.4 Å². The number of benzene rings is 1. The van der Waals surface area contributed by atoms with E-state index in [1.54, 1.807) is 26.0 Å². The summed E-state index contributed by atoms with van der Waals surface area (Å²) in [7, 11) is 4.33. The van der Waals surface area contributed by atoms with Gasteiger partial charge < -0.3 is 30.0 Å². The third-order valence-corrected chi connectivity index (χ3v) is 4.49. The average Bonchev–Trinajstić information content (AvgIpc) is 2.65. The summed E-state index contributed by atoms with van der Waals surface area (Å²) in [4.78, 5) is 37.2. The number of hydrogen-bond acceptors (Lipinski definition) is 7. The summed E-state index contributed by atoms with van der Waals surface area (Å²) in [6.45, 7) is 3.36. The fourth-order valence-electron chi connectivity index (χ4n) is 3.30. The van der Waals surface area contributed by atoms with Gasteiger partial charge in [0.2, 0.25) is 17.6 Å². The van der Waals surface area contributed by atoms with Crippen LogP contribution in [0.2, 0.25) is 0 Å². The highest BCUT2D eigenvalue weighted by atomic mass is 16.5. The van der Waals surface area contributed by atoms with Crippen molar-refractivity contribution in [3.8, 4) is 17.2 Å². The van der Waals surface area contributed by atoms with Crippen LogP contribution in [-0.2, 0) is 19.1 Å². The fourth-order valence-corrected chi connectivity index (χ4v) is 3.30. The van der Waals surface area contributed by atoms with E-state index < -0.39 is 29.6 Å². The van der Waals surface area contributed by atoms with E-state index in [0.717, 1.165) is 0 Å². The van der Waals surface area contributed by atoms with E-state index >= 15 is 0 Å². The number of esters is 1. The summed E-state index contributed by atoms with van der Waals surface area (Å²) in [5.41, 5.74) is 6.36. The first kappa shape index (κ1) is 21.1. The Bertz CT molecular complexity index is 807. The summed E-state index contributed by atoms with van der Waals surface area (Å²) < 4.78 is 21.1. The van der Waals surface area contributed by atoms with Crippen LogP contribution in [0.25, 0.3) is 0 Å². The zero-order valence-electron chi connectivity index (χ0n) is 16.5. The maximum absolute atomic E-state index is 12.6. The number of nitrogens with two attached hydrogens (primary N) is 1. The predicted octanol–water partition coefficient (Wildman–Crippen LogP) is 0.864. The van der Waals surface area contributed by atoms with E-state index in [0.29, 0.717) is 28.5 Å². The molecule has 0 spiro atoms. The maximum atomic E-state index is 12.6. The van der Waals surface area contributed by atoms with Crippen molar-refractivity contribution < 1.29 is 33.3 Å². The summed E-state index contributed by atoms with van der Waals surface area (Å²) >= 11 is 0. The molecule has 1 aromatic carbocycles. The Morgan fingerprint density at radius 1 is 1.11 bits per heavy atom. The van der Waals surface area contributed by atoms with E-state index in [2.05, 4.69) is 5.32 Å². The largest absolute Gasteiger partial charge is 0.493 e. The minimum atomic E-state index is -1.31. The number of amides is 2. The van der Waals surface area contributed by atoms with Gasteiger partial charge in [-0.2, -0.15) is 0 Å². The minimum Gasteiger partial charge on any atom is -0.493 e. The molecule has 2 amide bonds. The molecule has 0 saturated heterocycles. The summed E-state index contributed by atoms with van der Waals surface area (Å²) in [5, 5.41) is 2.53. The molecular formula is C19H24N2O7. The molecule has 0 aliphatic carbocycles. The second-order valence-electron chi connectivity index (χ2n) is 6.06. The number of carbonyl (C=O) groups is 3. The van der Waals surface area contributed by atoms with Crippen LogP contribution >= 0.6 is 0 Å². The van der Waals surface area contributed by atoms with E-state index in [4.69, 9.17) is 24.7 Å². The number of hydrogen-bond donors (Lipinski definition) is 2. The second-order valence-corrected chi connectivity index (χ2v) is 6.06. The molecule has 28 heavy (non-hydrogen) atoms. The summed E-state index contributed by atoms with van der Waals surface area (Å²) in [6.07, 6.45) is 0. The van der Waals surface area contributed by atoms with Gasteiger partial charge in [0.05, 0.1) is 33.5 Å². The van der Waals surface area contributed by atoms with Gasteiger partial charge in [-0.1, -0.05) is 0 Å². The second kappa shape index (κ2) is 8.64. The van der Waals surface area contributed by atoms with Crippen molar-refractivity contribution in [3.05, 3.63) is 29.0 Å². The number of allylic oxidation sites excluding steroid dienone is 1. The van der Waals surface area contributed by atoms with Gasteiger partial charge in [0.25, 0.3) is 0 Å². The Balaban J connectivity index is 2.77. The lowest BCUT2D eigenvalue weighted by Gasteiger charge is -2.32. The van der Waals surface area contributed by atoms with Gasteiger partial charge in [-0.05, 0) is 31.5 Å². The number of carbonyl (C=O) groups excluding carboxylic acids is 3. The molecule has 9 heteroatoms. The van der Waals surface area contributed by atoms with Crippen LogP contribution in [-0.4, -0.2) is 45.7 Å². The van der Waals surface area contributed by atoms with E-state index in [-0.39, 0.29) is 12.2 Å². The normalized spacial score (nSPS) is 19.0. The first-order valence-corrected chi connectivity index (χ1v) is 8.58. The first-order valence-electron chi connectivity index (χ1n) is 8.58. The third-order valence-electron chi connectivity index (χ3n) is 4.49. The van der Waals surface area contributed by atoms with Crippen molar-refractivity contribution in [3.63, 3.8) is 0 Å². The molecule has 0 fully saturated rings. The highest BCUT2D eigenvalue weighted by molar-refractivity contribution is 6.06. The lowest BCUT2D eigenvalue weighted by Crippen LogP contribution is -2.47. The van der Waals surface area contributed by atoms with Gasteiger partial charge in [0, 0.05) is 11.6 Å². The average molecular weight is 392 g/mol. The van der Waals surface area contributed by atoms with Crippen LogP contribution in [0.4, 0.5) is 0 Å². The minimum absolute atomic E-state index is 0.132. The molecule has 1 aromatic rings. The topological polar surface area (TPSA) is 126 Å². The molecule has 1 aliphatic heterocycles. The Labute approximate surface area is 162 Å². The molecule has 0 radical (unpaired) electrons. The molecule has 152 valence electrons. The van der Waals surface area contributed by atoms with E-state index in [9.17, 15) is 14.4 Å². The van der Waals surface area contributed by atoms with Crippen LogP contribution in [0.1, 0.15) is 25.3 Å². The van der Waals surface area contributed by atoms with Gasteiger partial charge in [0.1, 0.15) is 5.92 Å². The van der Waals surface area contributed by atoms with Crippen molar-refractivity contribution in [2.24, 2.45) is 11.7 Å². The highest BCUT2D eigenvalue weighted by Crippen LogP contribution is 2.45. The molecule has 9 nitrogen and oxygen atoms in total. The van der Waals surface area contributed by atoms with Crippen molar-refractivity contribution in [2.45, 2.75) is 19.8 Å². The molecular weight excluding hydrogens is 368 g/mol. The van der Waals surface area contributed by atoms with Gasteiger partial charge in [-0.15, -0.1) is 0 Å². The molecule has 0 saturated carbocycles. The molecule has 0 unspecified atom stereocenters. The van der Waals surface area contributed by atoms with E-state index in [1.165, 1.54) is 21.3 Å². The molecule has 1 aliphatic rings. The predicted molar refractivity (Wildman–Crippen MR) is 99.0 cm³/mol. The van der Waals surface area contributed by atoms with Crippen molar-refractivity contribution in [1.29, 1.82) is 0 Å². The molecule has 1 heterocycles. The zero-order valence-corrected chi connectivity index (χ0v) is 16.5. The van der Waals surface area contributed by atoms with Gasteiger partial charge in [0.15, 0.2) is 11.5 Å². The van der Waals surface area contributed by atoms with Crippen LogP contribution in [0, 0.1) is 5.92 Å². The first-order chi connectivity index (χ1) is 13.3. The Hall–Kier alpha value is -3.23. The van der Waals surface area contributed by atoms with Gasteiger partial charge in [-0.3, -0.25) is 9.59 Å². The molecule has 2 atom stereocenters. The van der Waals surface area contributed by atoms with Crippen LogP contribution in [0.3, 0.4) is 0 Å². The monoisotopic (exact) mass is 392 g/mol. The third kappa shape index (κ3) is 3.73. The van der Waals surface area contributed by atoms with Crippen LogP contribution in [0.5, 0.6) is 17.2 Å². The lowest BCUT2D eigenvalue weighted by molar-refractivity contribution is -0.140. The van der Waals surface area contributed by atoms with Crippen LogP contribution < -0.4 is 25.3 Å². The number of ether oxygens (including phenoxy) is 4. The summed E-state index contributed by atoms with van der Waals surface area (Å²) in [5.74, 6) is -3.45. The maximum Gasteiger partial charge on any atom is 0.336 e. The quantitative estimate of drug-likeness (QED) is 0.521. The molecule has 0 aromatic heterocycles. The number of nitrogens with one attached hydrogen (secondary N) is 1. The Kier molecular flexibility index (Phi) is 6.50. The fraction of sp³-hybridized carbons (Fsp3) is 0.421. The van der Waals surface area contributed by atoms with E-state index in [1.807, 2.05) is 0 Å². The zero-order chi connectivity index (χ0) is 21.0. The molecule has 0 bridgehead atoms. The summed E-state index contributed by atoms with van der Waals surface area (Å²) in [6, 6.07) is 3.15. The number of primary amides is 1. The van der Waals surface area contributed by atoms with Crippen molar-refractivity contribution in [1.82, 2.24) is 5.32 Å². The van der Waals surface area contributed by atoms with Crippen molar-refractivity contribution >= 4 is 17.8 Å². The smallest absolute Gasteiger partial charge is 0.336 e. The number of methoxy groups -OCH3 is 3. The molecule has 3 N–H and O–H groups in total. The molecule has 2 rings (SSSR count). The highest BCUT2D eigenvalue weighted by Gasteiger charge is 2.44.